The van der Waals surface area contributed by atoms with Gasteiger partial charge in [-0.15, -0.1) is 11.3 Å². The number of hydrogen-bond donors (Lipinski definition) is 1. The number of carbonyl (C=O) groups excluding carboxylic acids is 1. The molecular weight excluding hydrogens is 544 g/mol. The van der Waals surface area contributed by atoms with E-state index in [2.05, 4.69) is 15.2 Å². The minimum Gasteiger partial charge on any atom is -0.456 e. The van der Waals surface area contributed by atoms with Gasteiger partial charge in [0.2, 0.25) is 10.0 Å². The molecule has 2 heterocycles. The van der Waals surface area contributed by atoms with Gasteiger partial charge in [-0.3, -0.25) is 0 Å². The molecule has 11 heteroatoms. The van der Waals surface area contributed by atoms with Crippen LogP contribution in [0, 0.1) is 0 Å². The number of anilines is 3. The molecule has 1 N–H and O–H groups in total. The zero-order valence-electron chi connectivity index (χ0n) is 20.3. The molecule has 0 saturated carbocycles. The van der Waals surface area contributed by atoms with Crippen molar-refractivity contribution < 1.29 is 17.9 Å². The van der Waals surface area contributed by atoms with Crippen molar-refractivity contribution in [3.8, 4) is 0 Å². The maximum Gasteiger partial charge on any atom is 0.340 e. The SMILES string of the molecule is O=C(OCc1csc(Nc2ccccc2)n1)c1cc(S(=O)(=O)N2CCN(c3ccccc3)CC2)ccc1Cl. The third-order valence-corrected chi connectivity index (χ3v) is 9.11. The van der Waals surface area contributed by atoms with Gasteiger partial charge in [0.25, 0.3) is 0 Å². The van der Waals surface area contributed by atoms with E-state index in [4.69, 9.17) is 16.3 Å². The lowest BCUT2D eigenvalue weighted by Gasteiger charge is -2.35. The van der Waals surface area contributed by atoms with Crippen LogP contribution in [0.15, 0.2) is 89.1 Å². The maximum atomic E-state index is 13.3. The number of thiazole rings is 1. The van der Waals surface area contributed by atoms with Gasteiger partial charge < -0.3 is 15.0 Å². The lowest BCUT2D eigenvalue weighted by Crippen LogP contribution is -2.48. The van der Waals surface area contributed by atoms with Crippen LogP contribution in [0.2, 0.25) is 5.02 Å². The van der Waals surface area contributed by atoms with Gasteiger partial charge >= 0.3 is 5.97 Å². The standard InChI is InChI=1S/C27H25ClN4O4S2/c28-25-12-11-23(38(34,35)32-15-13-31(14-16-32)22-9-5-2-6-10-22)17-24(25)26(33)36-18-21-19-37-27(30-21)29-20-7-3-1-4-8-20/h1-12,17,19H,13-16,18H2,(H,29,30). The van der Waals surface area contributed by atoms with Crippen molar-refractivity contribution in [1.29, 1.82) is 0 Å². The first kappa shape index (κ1) is 26.2. The molecule has 3 aromatic carbocycles. The lowest BCUT2D eigenvalue weighted by molar-refractivity contribution is 0.0468. The number of carbonyl (C=O) groups is 1. The zero-order valence-corrected chi connectivity index (χ0v) is 22.7. The fourth-order valence-electron chi connectivity index (χ4n) is 4.09. The van der Waals surface area contributed by atoms with E-state index >= 15 is 0 Å². The van der Waals surface area contributed by atoms with E-state index in [0.717, 1.165) is 11.4 Å². The number of benzene rings is 3. The average Bonchev–Trinajstić information content (AvgIpc) is 3.40. The Kier molecular flexibility index (Phi) is 7.94. The minimum atomic E-state index is -3.81. The number of piperazine rings is 1. The Labute approximate surface area is 230 Å². The highest BCUT2D eigenvalue weighted by molar-refractivity contribution is 7.89. The van der Waals surface area contributed by atoms with Crippen molar-refractivity contribution in [2.75, 3.05) is 36.4 Å². The topological polar surface area (TPSA) is 91.8 Å². The largest absolute Gasteiger partial charge is 0.456 e. The monoisotopic (exact) mass is 568 g/mol. The summed E-state index contributed by atoms with van der Waals surface area (Å²) in [5.74, 6) is -0.716. The number of esters is 1. The molecule has 5 rings (SSSR count). The number of nitrogens with one attached hydrogen (secondary N) is 1. The predicted molar refractivity (Wildman–Crippen MR) is 150 cm³/mol. The molecular formula is C27H25ClN4O4S2. The van der Waals surface area contributed by atoms with Crippen LogP contribution in [0.1, 0.15) is 16.1 Å². The minimum absolute atomic E-state index is 0.00465. The normalized spacial score (nSPS) is 14.3. The number of halogens is 1. The molecule has 1 aliphatic heterocycles. The second kappa shape index (κ2) is 11.5. The molecule has 0 bridgehead atoms. The summed E-state index contributed by atoms with van der Waals surface area (Å²) in [4.78, 5) is 19.4. The van der Waals surface area contributed by atoms with Crippen LogP contribution in [-0.4, -0.2) is 49.9 Å². The van der Waals surface area contributed by atoms with Gasteiger partial charge in [0.05, 0.1) is 21.2 Å². The predicted octanol–water partition coefficient (Wildman–Crippen LogP) is 5.41. The molecule has 0 atom stereocenters. The third-order valence-electron chi connectivity index (χ3n) is 6.08. The Morgan fingerprint density at radius 2 is 1.66 bits per heavy atom. The van der Waals surface area contributed by atoms with E-state index in [-0.39, 0.29) is 22.1 Å². The number of aromatic nitrogens is 1. The average molecular weight is 569 g/mol. The highest BCUT2D eigenvalue weighted by Crippen LogP contribution is 2.26. The summed E-state index contributed by atoms with van der Waals surface area (Å²) in [7, 11) is -3.81. The quantitative estimate of drug-likeness (QED) is 0.284. The number of ether oxygens (including phenoxy) is 1. The van der Waals surface area contributed by atoms with Gasteiger partial charge in [0, 0.05) is 42.9 Å². The molecule has 1 aliphatic rings. The number of rotatable bonds is 8. The molecule has 0 radical (unpaired) electrons. The van der Waals surface area contributed by atoms with Crippen LogP contribution in [0.4, 0.5) is 16.5 Å². The molecule has 8 nitrogen and oxygen atoms in total. The van der Waals surface area contributed by atoms with E-state index in [1.165, 1.54) is 33.8 Å². The van der Waals surface area contributed by atoms with Crippen LogP contribution in [0.5, 0.6) is 0 Å². The molecule has 0 spiro atoms. The summed E-state index contributed by atoms with van der Waals surface area (Å²) < 4.78 is 33.5. The summed E-state index contributed by atoms with van der Waals surface area (Å²) >= 11 is 7.64. The first-order valence-electron chi connectivity index (χ1n) is 11.9. The Morgan fingerprint density at radius 1 is 0.974 bits per heavy atom. The Balaban J connectivity index is 1.22. The summed E-state index contributed by atoms with van der Waals surface area (Å²) in [5.41, 5.74) is 2.52. The second-order valence-electron chi connectivity index (χ2n) is 8.58. The lowest BCUT2D eigenvalue weighted by atomic mass is 10.2. The van der Waals surface area contributed by atoms with Crippen LogP contribution in [-0.2, 0) is 21.4 Å². The molecule has 0 amide bonds. The van der Waals surface area contributed by atoms with Crippen molar-refractivity contribution in [1.82, 2.24) is 9.29 Å². The van der Waals surface area contributed by atoms with Crippen molar-refractivity contribution in [2.45, 2.75) is 11.5 Å². The molecule has 0 unspecified atom stereocenters. The first-order chi connectivity index (χ1) is 18.4. The molecule has 1 aromatic heterocycles. The smallest absolute Gasteiger partial charge is 0.340 e. The zero-order chi connectivity index (χ0) is 26.5. The van der Waals surface area contributed by atoms with E-state index in [9.17, 15) is 13.2 Å². The van der Waals surface area contributed by atoms with E-state index in [1.807, 2.05) is 60.7 Å². The van der Waals surface area contributed by atoms with Gasteiger partial charge in [-0.2, -0.15) is 4.31 Å². The Morgan fingerprint density at radius 3 is 2.37 bits per heavy atom. The van der Waals surface area contributed by atoms with Crippen LogP contribution in [0.25, 0.3) is 0 Å². The second-order valence-corrected chi connectivity index (χ2v) is 11.8. The van der Waals surface area contributed by atoms with Crippen molar-refractivity contribution in [3.05, 3.63) is 101 Å². The highest BCUT2D eigenvalue weighted by Gasteiger charge is 2.30. The van der Waals surface area contributed by atoms with E-state index in [0.29, 0.717) is 37.0 Å². The summed E-state index contributed by atoms with van der Waals surface area (Å²) in [6.07, 6.45) is 0. The molecule has 1 saturated heterocycles. The molecule has 1 fully saturated rings. The number of nitrogens with zero attached hydrogens (tertiary/aromatic N) is 3. The van der Waals surface area contributed by atoms with Gasteiger partial charge in [-0.05, 0) is 42.5 Å². The van der Waals surface area contributed by atoms with Gasteiger partial charge in [0.1, 0.15) is 6.61 Å². The van der Waals surface area contributed by atoms with Crippen molar-refractivity contribution >= 4 is 55.4 Å². The van der Waals surface area contributed by atoms with Gasteiger partial charge in [-0.25, -0.2) is 18.2 Å². The van der Waals surface area contributed by atoms with Gasteiger partial charge in [-0.1, -0.05) is 48.0 Å². The fraction of sp³-hybridized carbons (Fsp3) is 0.185. The molecule has 0 aliphatic carbocycles. The van der Waals surface area contributed by atoms with E-state index in [1.54, 1.807) is 5.38 Å². The van der Waals surface area contributed by atoms with Gasteiger partial charge in [0.15, 0.2) is 5.13 Å². The van der Waals surface area contributed by atoms with E-state index < -0.39 is 16.0 Å². The Bertz CT molecular complexity index is 1510. The molecule has 196 valence electrons. The highest BCUT2D eigenvalue weighted by atomic mass is 35.5. The number of sulfonamides is 1. The van der Waals surface area contributed by atoms with Crippen molar-refractivity contribution in [2.24, 2.45) is 0 Å². The van der Waals surface area contributed by atoms with Crippen molar-refractivity contribution in [3.63, 3.8) is 0 Å². The number of para-hydroxylation sites is 2. The maximum absolute atomic E-state index is 13.3. The summed E-state index contributed by atoms with van der Waals surface area (Å²) in [6, 6.07) is 23.6. The summed E-state index contributed by atoms with van der Waals surface area (Å²) in [5, 5.41) is 5.76. The van der Waals surface area contributed by atoms with Crippen LogP contribution < -0.4 is 10.2 Å². The Hall–Kier alpha value is -3.44. The molecule has 38 heavy (non-hydrogen) atoms. The fourth-order valence-corrected chi connectivity index (χ4v) is 6.45. The van der Waals surface area contributed by atoms with Crippen LogP contribution in [0.3, 0.4) is 0 Å². The molecule has 4 aromatic rings. The first-order valence-corrected chi connectivity index (χ1v) is 14.6. The number of hydrogen-bond acceptors (Lipinski definition) is 8. The summed E-state index contributed by atoms with van der Waals surface area (Å²) in [6.45, 7) is 1.74. The third kappa shape index (κ3) is 5.99. The van der Waals surface area contributed by atoms with Crippen LogP contribution >= 0.6 is 22.9 Å².